The normalized spacial score (nSPS) is 19.4. The molecular weight excluding hydrogens is 745 g/mol. The van der Waals surface area contributed by atoms with E-state index in [1.807, 2.05) is 21.6 Å². The van der Waals surface area contributed by atoms with Crippen LogP contribution in [0.2, 0.25) is 0 Å². The first kappa shape index (κ1) is 41.5. The van der Waals surface area contributed by atoms with Crippen molar-refractivity contribution in [2.75, 3.05) is 18.1 Å². The van der Waals surface area contributed by atoms with Gasteiger partial charge in [-0.15, -0.1) is 0 Å². The van der Waals surface area contributed by atoms with Gasteiger partial charge in [0.25, 0.3) is 0 Å². The van der Waals surface area contributed by atoms with E-state index in [9.17, 15) is 34.2 Å². The van der Waals surface area contributed by atoms with Crippen molar-refractivity contribution < 1.29 is 34.2 Å². The Labute approximate surface area is 321 Å². The molecule has 4 atom stereocenters. The monoisotopic (exact) mass is 792 g/mol. The number of nitrogens with zero attached hydrogens (tertiary/aromatic N) is 1. The number of likely N-dealkylation sites (tertiary alicyclic amines) is 1. The predicted molar refractivity (Wildman–Crippen MR) is 214 cm³/mol. The topological polar surface area (TPSA) is 141 Å². The lowest BCUT2D eigenvalue weighted by Gasteiger charge is -2.26. The molecule has 2 aromatic rings. The molecule has 2 aromatic carbocycles. The number of amides is 2. The van der Waals surface area contributed by atoms with Gasteiger partial charge in [0, 0.05) is 71.1 Å². The summed E-state index contributed by atoms with van der Waals surface area (Å²) in [7, 11) is 3.91. The fraction of sp³-hybridized carbons (Fsp3) is 0.541. The third-order valence-electron chi connectivity index (χ3n) is 8.70. The maximum atomic E-state index is 13.5. The van der Waals surface area contributed by atoms with Crippen molar-refractivity contribution in [2.45, 2.75) is 106 Å². The van der Waals surface area contributed by atoms with Crippen molar-refractivity contribution in [3.63, 3.8) is 0 Å². The van der Waals surface area contributed by atoms with E-state index in [1.165, 1.54) is 85.1 Å². The molecule has 2 amide bonds. The van der Waals surface area contributed by atoms with Gasteiger partial charge >= 0.3 is 0 Å². The molecule has 3 N–H and O–H groups in total. The average Bonchev–Trinajstić information content (AvgIpc) is 3.50. The highest BCUT2D eigenvalue weighted by Crippen LogP contribution is 2.38. The molecule has 2 saturated heterocycles. The van der Waals surface area contributed by atoms with Gasteiger partial charge < -0.3 is 20.4 Å². The number of nitrogens with one attached hydrogen (secondary N) is 1. The summed E-state index contributed by atoms with van der Waals surface area (Å²) in [5, 5.41) is 22.5. The van der Waals surface area contributed by atoms with Gasteiger partial charge in [-0.2, -0.15) is 0 Å². The number of benzene rings is 2. The molecule has 0 saturated carbocycles. The summed E-state index contributed by atoms with van der Waals surface area (Å²) in [6, 6.07) is 12.2. The molecule has 4 rings (SSSR count). The van der Waals surface area contributed by atoms with Crippen LogP contribution in [0.25, 0.3) is 0 Å². The number of carbonyl (C=O) groups excluding carboxylic acids is 5. The fourth-order valence-corrected chi connectivity index (χ4v) is 12.0. The highest BCUT2D eigenvalue weighted by Gasteiger charge is 2.36. The van der Waals surface area contributed by atoms with Crippen LogP contribution in [0.1, 0.15) is 105 Å². The van der Waals surface area contributed by atoms with Crippen LogP contribution in [-0.2, 0) is 14.4 Å². The molecule has 2 aliphatic rings. The van der Waals surface area contributed by atoms with E-state index >= 15 is 0 Å². The number of hydrogen-bond acceptors (Lipinski definition) is 12. The second-order valence-electron chi connectivity index (χ2n) is 12.8. The maximum absolute atomic E-state index is 13.5. The first-order valence-corrected chi connectivity index (χ1v) is 22.7. The number of phenolic OH excluding ortho intramolecular Hbond substituents is 2. The highest BCUT2D eigenvalue weighted by atomic mass is 33.1. The Balaban J connectivity index is 1.26. The van der Waals surface area contributed by atoms with Crippen LogP contribution in [0.3, 0.4) is 0 Å². The van der Waals surface area contributed by atoms with Gasteiger partial charge in [0.15, 0.2) is 5.12 Å². The highest BCUT2D eigenvalue weighted by molar-refractivity contribution is 8.77. The molecule has 2 fully saturated rings. The molecule has 0 aliphatic carbocycles. The third kappa shape index (κ3) is 14.9. The minimum absolute atomic E-state index is 0.00792. The quantitative estimate of drug-likeness (QED) is 0.0988. The molecule has 9 nitrogen and oxygen atoms in total. The number of rotatable bonds is 18. The van der Waals surface area contributed by atoms with Gasteiger partial charge in [0.1, 0.15) is 17.7 Å². The van der Waals surface area contributed by atoms with E-state index in [4.69, 9.17) is 0 Å². The zero-order valence-corrected chi connectivity index (χ0v) is 33.0. The Kier molecular flexibility index (Phi) is 18.0. The van der Waals surface area contributed by atoms with Crippen LogP contribution < -0.4 is 5.32 Å². The molecule has 278 valence electrons. The molecule has 0 aromatic heterocycles. The van der Waals surface area contributed by atoms with E-state index < -0.39 is 6.17 Å². The lowest BCUT2D eigenvalue weighted by molar-refractivity contribution is -0.134. The summed E-state index contributed by atoms with van der Waals surface area (Å²) in [5.74, 6) is 1.78. The molecule has 14 heteroatoms. The van der Waals surface area contributed by atoms with Gasteiger partial charge in [-0.1, -0.05) is 69.7 Å². The Morgan fingerprint density at radius 2 is 1.55 bits per heavy atom. The molecule has 51 heavy (non-hydrogen) atoms. The van der Waals surface area contributed by atoms with Gasteiger partial charge in [-0.3, -0.25) is 24.0 Å². The largest absolute Gasteiger partial charge is 0.508 e. The minimum atomic E-state index is -0.429. The first-order valence-electron chi connectivity index (χ1n) is 17.6. The summed E-state index contributed by atoms with van der Waals surface area (Å²) < 4.78 is 0. The maximum Gasteiger partial charge on any atom is 0.224 e. The average molecular weight is 793 g/mol. The molecule has 4 unspecified atom stereocenters. The summed E-state index contributed by atoms with van der Waals surface area (Å²) in [6.45, 7) is 1.94. The summed E-state index contributed by atoms with van der Waals surface area (Å²) >= 11 is 3.60. The van der Waals surface area contributed by atoms with Gasteiger partial charge in [-0.05, 0) is 93.5 Å². The van der Waals surface area contributed by atoms with Crippen LogP contribution in [0.5, 0.6) is 11.5 Å². The number of thioether (sulfide) groups is 3. The molecular formula is C37H48N2O7S5. The Morgan fingerprint density at radius 1 is 0.882 bits per heavy atom. The smallest absolute Gasteiger partial charge is 0.224 e. The summed E-state index contributed by atoms with van der Waals surface area (Å²) in [5.41, 5.74) is 0.974. The third-order valence-corrected chi connectivity index (χ3v) is 15.0. The molecule has 0 spiro atoms. The van der Waals surface area contributed by atoms with Crippen LogP contribution >= 0.6 is 56.9 Å². The van der Waals surface area contributed by atoms with Crippen molar-refractivity contribution in [3.05, 3.63) is 59.7 Å². The Morgan fingerprint density at radius 3 is 2.20 bits per heavy atom. The zero-order valence-electron chi connectivity index (χ0n) is 29.0. The van der Waals surface area contributed by atoms with Crippen LogP contribution in [-0.4, -0.2) is 82.2 Å². The molecule has 0 bridgehead atoms. The lowest BCUT2D eigenvalue weighted by Crippen LogP contribution is -2.47. The molecule has 2 aliphatic heterocycles. The van der Waals surface area contributed by atoms with E-state index in [0.29, 0.717) is 67.2 Å². The van der Waals surface area contributed by atoms with Crippen LogP contribution in [0, 0.1) is 0 Å². The van der Waals surface area contributed by atoms with Gasteiger partial charge in [0.2, 0.25) is 22.0 Å². The molecule has 0 radical (unpaired) electrons. The molecule has 2 heterocycles. The standard InChI is InChI=1S/C37H48N2O7S5/c1-25(40)49-32-23-33(38-34(43)10-4-2-8-31-9-6-21-48-51-31)39(24-32)35(44)11-5-3-7-30(50-37(46)27-14-18-29(42)19-15-27)20-22-47-36(45)26-12-16-28(41)17-13-26/h12-19,30-33,41-42H,2-11,20-24H2,1H3,(H,38,43). The number of aromatic hydroxyl groups is 2. The number of hydrogen-bond donors (Lipinski definition) is 3. The van der Waals surface area contributed by atoms with Gasteiger partial charge in [-0.25, -0.2) is 0 Å². The number of phenols is 2. The van der Waals surface area contributed by atoms with Crippen molar-refractivity contribution in [1.82, 2.24) is 10.2 Å². The van der Waals surface area contributed by atoms with E-state index in [-0.39, 0.29) is 55.6 Å². The SMILES string of the molecule is CC(=O)SC1CC(NC(=O)CCCCC2CCCSS2)N(C(=O)CCCCC(CCSC(=O)c2ccc(O)cc2)SC(=O)c2ccc(O)cc2)C1. The van der Waals surface area contributed by atoms with Crippen LogP contribution in [0.4, 0.5) is 0 Å². The van der Waals surface area contributed by atoms with Crippen molar-refractivity contribution in [2.24, 2.45) is 0 Å². The second-order valence-corrected chi connectivity index (χ2v) is 19.4. The van der Waals surface area contributed by atoms with Crippen molar-refractivity contribution in [1.29, 1.82) is 0 Å². The van der Waals surface area contributed by atoms with E-state index in [1.54, 1.807) is 29.2 Å². The lowest BCUT2D eigenvalue weighted by atomic mass is 10.1. The summed E-state index contributed by atoms with van der Waals surface area (Å²) in [6.07, 6.45) is 8.83. The van der Waals surface area contributed by atoms with Crippen molar-refractivity contribution in [3.8, 4) is 11.5 Å². The Hall–Kier alpha value is -2.26. The van der Waals surface area contributed by atoms with E-state index in [0.717, 1.165) is 19.3 Å². The van der Waals surface area contributed by atoms with Crippen molar-refractivity contribution >= 4 is 84.0 Å². The predicted octanol–water partition coefficient (Wildman–Crippen LogP) is 8.29. The minimum Gasteiger partial charge on any atom is -0.508 e. The van der Waals surface area contributed by atoms with Crippen LogP contribution in [0.15, 0.2) is 48.5 Å². The van der Waals surface area contributed by atoms with E-state index in [2.05, 4.69) is 5.32 Å². The van der Waals surface area contributed by atoms with Gasteiger partial charge in [0.05, 0.1) is 0 Å². The number of unbranched alkanes of at least 4 members (excludes halogenated alkanes) is 2. The number of carbonyl (C=O) groups is 5. The second kappa shape index (κ2) is 22.1. The Bertz CT molecular complexity index is 1450. The zero-order chi connectivity index (χ0) is 36.6. The fourth-order valence-electron chi connectivity index (χ4n) is 6.04. The first-order chi connectivity index (χ1) is 24.6. The summed E-state index contributed by atoms with van der Waals surface area (Å²) in [4.78, 5) is 65.7.